The van der Waals surface area contributed by atoms with E-state index < -0.39 is 12.0 Å². The van der Waals surface area contributed by atoms with Crippen molar-refractivity contribution in [2.75, 3.05) is 33.2 Å². The van der Waals surface area contributed by atoms with Gasteiger partial charge in [0.25, 0.3) is 5.92 Å². The Morgan fingerprint density at radius 3 is 2.38 bits per heavy atom. The van der Waals surface area contributed by atoms with E-state index in [4.69, 9.17) is 4.52 Å². The van der Waals surface area contributed by atoms with Gasteiger partial charge in [0, 0.05) is 49.0 Å². The molecule has 2 atom stereocenters. The van der Waals surface area contributed by atoms with Crippen molar-refractivity contribution in [2.24, 2.45) is 0 Å². The molecule has 2 saturated carbocycles. The molecule has 0 bridgehead atoms. The molecule has 5 rings (SSSR count). The first kappa shape index (κ1) is 26.8. The van der Waals surface area contributed by atoms with Gasteiger partial charge in [0.2, 0.25) is 5.89 Å². The molecule has 1 N–H and O–H groups in total. The second-order valence-electron chi connectivity index (χ2n) is 12.5. The van der Waals surface area contributed by atoms with Crippen molar-refractivity contribution in [3.05, 3.63) is 11.7 Å². The number of aromatic nitrogens is 2. The number of urea groups is 1. The number of alkyl halides is 2. The summed E-state index contributed by atoms with van der Waals surface area (Å²) in [4.78, 5) is 24.2. The van der Waals surface area contributed by atoms with Crippen LogP contribution in [0, 0.1) is 0 Å². The number of carbonyl (C=O) groups is 1. The van der Waals surface area contributed by atoms with Gasteiger partial charge < -0.3 is 19.6 Å². The van der Waals surface area contributed by atoms with E-state index in [0.717, 1.165) is 44.7 Å². The maximum Gasteiger partial charge on any atom is 0.317 e. The van der Waals surface area contributed by atoms with Crippen LogP contribution in [-0.2, 0) is 5.41 Å². The van der Waals surface area contributed by atoms with E-state index in [9.17, 15) is 4.79 Å². The van der Waals surface area contributed by atoms with Gasteiger partial charge in [0.15, 0.2) is 5.82 Å². The number of nitrogens with one attached hydrogen (secondary N) is 1. The highest BCUT2D eigenvalue weighted by Crippen LogP contribution is 2.41. The third kappa shape index (κ3) is 5.65. The molecule has 4 aliphatic rings. The molecule has 4 fully saturated rings. The van der Waals surface area contributed by atoms with Crippen molar-refractivity contribution in [3.8, 4) is 0 Å². The normalized spacial score (nSPS) is 29.1. The summed E-state index contributed by atoms with van der Waals surface area (Å²) >= 11 is 0. The summed E-state index contributed by atoms with van der Waals surface area (Å²) in [6.07, 6.45) is 6.51. The summed E-state index contributed by atoms with van der Waals surface area (Å²) in [5.41, 5.74) is -0.268. The smallest absolute Gasteiger partial charge is 0.317 e. The summed E-state index contributed by atoms with van der Waals surface area (Å²) in [6, 6.07) is -1.15. The van der Waals surface area contributed by atoms with Crippen LogP contribution in [0.1, 0.15) is 96.2 Å². The summed E-state index contributed by atoms with van der Waals surface area (Å²) in [5, 5.41) is 7.04. The Bertz CT molecular complexity index is 935. The fourth-order valence-corrected chi connectivity index (χ4v) is 6.50. The lowest BCUT2D eigenvalue weighted by molar-refractivity contribution is -0.0966. The lowest BCUT2D eigenvalue weighted by atomic mass is 9.79. The quantitative estimate of drug-likeness (QED) is 0.598. The van der Waals surface area contributed by atoms with Crippen molar-refractivity contribution in [2.45, 2.75) is 120 Å². The first-order valence-corrected chi connectivity index (χ1v) is 14.3. The number of halogens is 2. The predicted molar refractivity (Wildman–Crippen MR) is 137 cm³/mol. The van der Waals surface area contributed by atoms with Gasteiger partial charge in [-0.3, -0.25) is 4.90 Å². The van der Waals surface area contributed by atoms with Crippen LogP contribution in [0.4, 0.5) is 13.6 Å². The Morgan fingerprint density at radius 2 is 1.76 bits per heavy atom. The fraction of sp³-hybridized carbons (Fsp3) is 0.889. The standard InChI is InChI=1S/C27H44F2N6O2/c1-18(2)34-14-9-20(10-15-34)33(4)21-6-5-11-27(28,29)22(21)30-25(36)35-16-12-26(3,13-17-35)24-31-23(37-32-24)19-7-8-19/h18-22H,5-17H2,1-4H3,(H,30,36)/t21-,22+/m0/s1. The number of hydrogen-bond acceptors (Lipinski definition) is 6. The maximum absolute atomic E-state index is 15.3. The number of amides is 2. The lowest BCUT2D eigenvalue weighted by Crippen LogP contribution is -2.65. The molecule has 8 nitrogen and oxygen atoms in total. The van der Waals surface area contributed by atoms with Crippen LogP contribution >= 0.6 is 0 Å². The maximum atomic E-state index is 15.3. The van der Waals surface area contributed by atoms with Crippen LogP contribution in [0.3, 0.4) is 0 Å². The molecule has 2 saturated heterocycles. The van der Waals surface area contributed by atoms with Crippen molar-refractivity contribution in [3.63, 3.8) is 0 Å². The van der Waals surface area contributed by atoms with Crippen molar-refractivity contribution in [1.29, 1.82) is 0 Å². The average Bonchev–Trinajstić information content (AvgIpc) is 3.60. The van der Waals surface area contributed by atoms with Gasteiger partial charge in [-0.1, -0.05) is 12.1 Å². The fourth-order valence-electron chi connectivity index (χ4n) is 6.50. The zero-order chi connectivity index (χ0) is 26.4. The Kier molecular flexibility index (Phi) is 7.53. The number of piperidine rings is 2. The van der Waals surface area contributed by atoms with E-state index in [1.807, 2.05) is 7.05 Å². The van der Waals surface area contributed by atoms with Crippen molar-refractivity contribution in [1.82, 2.24) is 30.2 Å². The van der Waals surface area contributed by atoms with Crippen molar-refractivity contribution < 1.29 is 18.1 Å². The monoisotopic (exact) mass is 522 g/mol. The minimum Gasteiger partial charge on any atom is -0.339 e. The second kappa shape index (κ2) is 10.4. The highest BCUT2D eigenvalue weighted by molar-refractivity contribution is 5.75. The molecular formula is C27H44F2N6O2. The van der Waals surface area contributed by atoms with E-state index >= 15 is 8.78 Å². The molecule has 2 aliphatic heterocycles. The molecule has 2 aliphatic carbocycles. The van der Waals surface area contributed by atoms with Crippen LogP contribution in [0.15, 0.2) is 4.52 Å². The molecule has 37 heavy (non-hydrogen) atoms. The van der Waals surface area contributed by atoms with E-state index in [1.165, 1.54) is 0 Å². The molecule has 1 aromatic heterocycles. The van der Waals surface area contributed by atoms with E-state index in [2.05, 4.69) is 46.0 Å². The Balaban J connectivity index is 1.20. The summed E-state index contributed by atoms with van der Waals surface area (Å²) in [6.45, 7) is 9.46. The zero-order valence-corrected chi connectivity index (χ0v) is 22.9. The number of likely N-dealkylation sites (tertiary alicyclic amines) is 2. The van der Waals surface area contributed by atoms with Crippen molar-refractivity contribution >= 4 is 6.03 Å². The minimum absolute atomic E-state index is 0.173. The number of carbonyl (C=O) groups excluding carboxylic acids is 1. The highest BCUT2D eigenvalue weighted by Gasteiger charge is 2.51. The second-order valence-corrected chi connectivity index (χ2v) is 12.5. The van der Waals surface area contributed by atoms with E-state index in [1.54, 1.807) is 4.90 Å². The number of nitrogens with zero attached hydrogens (tertiary/aromatic N) is 5. The Hall–Kier alpha value is -1.81. The van der Waals surface area contributed by atoms with E-state index in [0.29, 0.717) is 56.6 Å². The predicted octanol–water partition coefficient (Wildman–Crippen LogP) is 4.37. The Morgan fingerprint density at radius 1 is 1.08 bits per heavy atom. The van der Waals surface area contributed by atoms with Gasteiger partial charge in [-0.15, -0.1) is 0 Å². The summed E-state index contributed by atoms with van der Waals surface area (Å²) < 4.78 is 36.0. The minimum atomic E-state index is -2.92. The number of likely N-dealkylation sites (N-methyl/N-ethyl adjacent to an activating group) is 1. The highest BCUT2D eigenvalue weighted by atomic mass is 19.3. The van der Waals surface area contributed by atoms with Gasteiger partial charge >= 0.3 is 6.03 Å². The van der Waals surface area contributed by atoms with Crippen LogP contribution in [0.25, 0.3) is 0 Å². The van der Waals surface area contributed by atoms with Gasteiger partial charge in [0.1, 0.15) is 6.04 Å². The molecular weight excluding hydrogens is 478 g/mol. The third-order valence-electron chi connectivity index (χ3n) is 9.52. The molecule has 0 unspecified atom stereocenters. The lowest BCUT2D eigenvalue weighted by Gasteiger charge is -2.48. The molecule has 3 heterocycles. The molecule has 0 aromatic carbocycles. The summed E-state index contributed by atoms with van der Waals surface area (Å²) in [7, 11) is 1.98. The summed E-state index contributed by atoms with van der Waals surface area (Å²) in [5.74, 6) is -1.08. The molecule has 208 valence electrons. The Labute approximate surface area is 219 Å². The average molecular weight is 523 g/mol. The molecule has 2 amide bonds. The van der Waals surface area contributed by atoms with Gasteiger partial charge in [-0.05, 0) is 85.4 Å². The number of hydrogen-bond donors (Lipinski definition) is 1. The SMILES string of the molecule is CC(C)N1CCC(N(C)[C@H]2CCCC(F)(F)[C@@H]2NC(=O)N2CCC(C)(c3noc(C4CC4)n3)CC2)CC1. The topological polar surface area (TPSA) is 77.7 Å². The van der Waals surface area contributed by atoms with Crippen LogP contribution in [-0.4, -0.2) is 94.2 Å². The van der Waals surface area contributed by atoms with Gasteiger partial charge in [-0.2, -0.15) is 4.98 Å². The third-order valence-corrected chi connectivity index (χ3v) is 9.52. The largest absolute Gasteiger partial charge is 0.339 e. The van der Waals surface area contributed by atoms with Gasteiger partial charge in [-0.25, -0.2) is 13.6 Å². The van der Waals surface area contributed by atoms with Crippen LogP contribution in [0.2, 0.25) is 0 Å². The molecule has 0 spiro atoms. The zero-order valence-electron chi connectivity index (χ0n) is 22.9. The molecule has 0 radical (unpaired) electrons. The number of rotatable bonds is 6. The van der Waals surface area contributed by atoms with E-state index in [-0.39, 0.29) is 30.0 Å². The molecule has 1 aromatic rings. The van der Waals surface area contributed by atoms with Crippen LogP contribution < -0.4 is 5.32 Å². The first-order valence-electron chi connectivity index (χ1n) is 14.3. The molecule has 10 heteroatoms. The first-order chi connectivity index (χ1) is 17.6. The van der Waals surface area contributed by atoms with Crippen LogP contribution in [0.5, 0.6) is 0 Å². The van der Waals surface area contributed by atoms with Gasteiger partial charge in [0.05, 0.1) is 0 Å².